The van der Waals surface area contributed by atoms with Crippen LogP contribution in [-0.2, 0) is 4.74 Å². The van der Waals surface area contributed by atoms with E-state index in [0.717, 1.165) is 38.2 Å². The number of hydrogen-bond donors (Lipinski definition) is 0. The summed E-state index contributed by atoms with van der Waals surface area (Å²) in [4.78, 5) is 0. The first kappa shape index (κ1) is 12.9. The summed E-state index contributed by atoms with van der Waals surface area (Å²) < 4.78 is 7.65. The normalized spacial score (nSPS) is 22.7. The molecule has 1 fully saturated rings. The third kappa shape index (κ3) is 2.50. The van der Waals surface area contributed by atoms with E-state index in [1.54, 1.807) is 0 Å². The van der Waals surface area contributed by atoms with Gasteiger partial charge in [-0.1, -0.05) is 6.92 Å². The van der Waals surface area contributed by atoms with Crippen molar-refractivity contribution in [1.82, 2.24) is 9.78 Å². The lowest BCUT2D eigenvalue weighted by atomic mass is 10.1. The van der Waals surface area contributed by atoms with Crippen LogP contribution in [0, 0.1) is 13.8 Å². The molecule has 0 aromatic carbocycles. The Kier molecular flexibility index (Phi) is 4.10. The van der Waals surface area contributed by atoms with Gasteiger partial charge in [0.15, 0.2) is 0 Å². The van der Waals surface area contributed by atoms with Crippen molar-refractivity contribution in [2.45, 2.75) is 51.5 Å². The number of nitrogens with zero attached hydrogens (tertiary/aromatic N) is 2. The van der Waals surface area contributed by atoms with Gasteiger partial charge in [-0.2, -0.15) is 5.10 Å². The molecular weight excluding hydrogens is 236 g/mol. The van der Waals surface area contributed by atoms with Gasteiger partial charge in [-0.25, -0.2) is 0 Å². The van der Waals surface area contributed by atoms with E-state index >= 15 is 0 Å². The van der Waals surface area contributed by atoms with Crippen LogP contribution in [0.4, 0.5) is 0 Å². The highest BCUT2D eigenvalue weighted by Crippen LogP contribution is 2.32. The standard InChI is InChI=1S/C13H21ClN2O/c1-4-12(14)13-9(2)15-16(10(13)3)11-6-5-7-17-8-11/h11-12H,4-8H2,1-3H3. The maximum absolute atomic E-state index is 6.37. The zero-order chi connectivity index (χ0) is 12.4. The van der Waals surface area contributed by atoms with Crippen molar-refractivity contribution in [3.63, 3.8) is 0 Å². The van der Waals surface area contributed by atoms with Gasteiger partial charge in [0, 0.05) is 17.9 Å². The van der Waals surface area contributed by atoms with Gasteiger partial charge in [0.05, 0.1) is 23.7 Å². The smallest absolute Gasteiger partial charge is 0.0756 e. The predicted octanol–water partition coefficient (Wildman–Crippen LogP) is 3.54. The monoisotopic (exact) mass is 256 g/mol. The van der Waals surface area contributed by atoms with E-state index in [-0.39, 0.29) is 5.38 Å². The molecule has 1 aliphatic heterocycles. The molecule has 0 N–H and O–H groups in total. The van der Waals surface area contributed by atoms with E-state index in [2.05, 4.69) is 23.6 Å². The summed E-state index contributed by atoms with van der Waals surface area (Å²) >= 11 is 6.37. The highest BCUT2D eigenvalue weighted by Gasteiger charge is 2.23. The average Bonchev–Trinajstić information content (AvgIpc) is 2.65. The van der Waals surface area contributed by atoms with Crippen molar-refractivity contribution >= 4 is 11.6 Å². The Labute approximate surface area is 108 Å². The molecule has 0 spiro atoms. The van der Waals surface area contributed by atoms with Crippen LogP contribution < -0.4 is 0 Å². The second-order valence-corrected chi connectivity index (χ2v) is 5.30. The fraction of sp³-hybridized carbons (Fsp3) is 0.769. The number of hydrogen-bond acceptors (Lipinski definition) is 2. The Morgan fingerprint density at radius 2 is 2.29 bits per heavy atom. The molecular formula is C13H21ClN2O. The molecule has 2 rings (SSSR count). The third-order valence-corrected chi connectivity index (χ3v) is 4.06. The van der Waals surface area contributed by atoms with Gasteiger partial charge < -0.3 is 4.74 Å². The summed E-state index contributed by atoms with van der Waals surface area (Å²) in [6.45, 7) is 7.94. The first-order valence-corrected chi connectivity index (χ1v) is 6.86. The lowest BCUT2D eigenvalue weighted by molar-refractivity contribution is 0.0541. The Morgan fingerprint density at radius 3 is 2.88 bits per heavy atom. The van der Waals surface area contributed by atoms with Crippen LogP contribution >= 0.6 is 11.6 Å². The SMILES string of the molecule is CCC(Cl)c1c(C)nn(C2CCCOC2)c1C. The van der Waals surface area contributed by atoms with E-state index in [4.69, 9.17) is 16.3 Å². The van der Waals surface area contributed by atoms with Crippen LogP contribution in [0.5, 0.6) is 0 Å². The van der Waals surface area contributed by atoms with Gasteiger partial charge in [0.2, 0.25) is 0 Å². The first-order chi connectivity index (χ1) is 8.15. The number of aromatic nitrogens is 2. The molecule has 0 saturated carbocycles. The number of rotatable bonds is 3. The maximum atomic E-state index is 6.37. The topological polar surface area (TPSA) is 27.1 Å². The van der Waals surface area contributed by atoms with Crippen molar-refractivity contribution in [3.8, 4) is 0 Å². The molecule has 2 atom stereocenters. The lowest BCUT2D eigenvalue weighted by Crippen LogP contribution is -2.23. The average molecular weight is 257 g/mol. The van der Waals surface area contributed by atoms with Crippen LogP contribution in [0.25, 0.3) is 0 Å². The minimum Gasteiger partial charge on any atom is -0.379 e. The van der Waals surface area contributed by atoms with E-state index in [9.17, 15) is 0 Å². The Morgan fingerprint density at radius 1 is 1.53 bits per heavy atom. The maximum Gasteiger partial charge on any atom is 0.0756 e. The molecule has 0 amide bonds. The van der Waals surface area contributed by atoms with E-state index in [1.807, 2.05) is 6.92 Å². The van der Waals surface area contributed by atoms with E-state index in [0.29, 0.717) is 6.04 Å². The number of alkyl halides is 1. The lowest BCUT2D eigenvalue weighted by Gasteiger charge is -2.23. The van der Waals surface area contributed by atoms with Crippen LogP contribution in [-0.4, -0.2) is 23.0 Å². The molecule has 0 bridgehead atoms. The zero-order valence-corrected chi connectivity index (χ0v) is 11.6. The Balaban J connectivity index is 2.29. The van der Waals surface area contributed by atoms with Crippen molar-refractivity contribution in [3.05, 3.63) is 17.0 Å². The summed E-state index contributed by atoms with van der Waals surface area (Å²) in [6, 6.07) is 0.386. The molecule has 3 nitrogen and oxygen atoms in total. The summed E-state index contributed by atoms with van der Waals surface area (Å²) in [6.07, 6.45) is 3.22. The van der Waals surface area contributed by atoms with Crippen molar-refractivity contribution in [1.29, 1.82) is 0 Å². The molecule has 17 heavy (non-hydrogen) atoms. The minimum atomic E-state index is 0.0771. The molecule has 4 heteroatoms. The van der Waals surface area contributed by atoms with Crippen LogP contribution in [0.3, 0.4) is 0 Å². The van der Waals surface area contributed by atoms with Gasteiger partial charge in [0.25, 0.3) is 0 Å². The largest absolute Gasteiger partial charge is 0.379 e. The molecule has 0 aliphatic carbocycles. The van der Waals surface area contributed by atoms with E-state index < -0.39 is 0 Å². The molecule has 1 aromatic rings. The summed E-state index contributed by atoms with van der Waals surface area (Å²) in [7, 11) is 0. The minimum absolute atomic E-state index is 0.0771. The molecule has 96 valence electrons. The predicted molar refractivity (Wildman–Crippen MR) is 69.7 cm³/mol. The molecule has 0 radical (unpaired) electrons. The molecule has 1 aliphatic rings. The van der Waals surface area contributed by atoms with Gasteiger partial charge in [-0.3, -0.25) is 4.68 Å². The number of halogens is 1. The van der Waals surface area contributed by atoms with Crippen LogP contribution in [0.2, 0.25) is 0 Å². The van der Waals surface area contributed by atoms with Gasteiger partial charge in [0.1, 0.15) is 0 Å². The van der Waals surface area contributed by atoms with Crippen molar-refractivity contribution < 1.29 is 4.74 Å². The van der Waals surface area contributed by atoms with E-state index in [1.165, 1.54) is 11.3 Å². The third-order valence-electron chi connectivity index (χ3n) is 3.53. The zero-order valence-electron chi connectivity index (χ0n) is 10.9. The fourth-order valence-electron chi connectivity index (χ4n) is 2.61. The molecule has 2 heterocycles. The Bertz CT molecular complexity index is 383. The summed E-state index contributed by atoms with van der Waals surface area (Å²) in [5, 5.41) is 4.73. The second-order valence-electron chi connectivity index (χ2n) is 4.78. The molecule has 2 unspecified atom stereocenters. The fourth-order valence-corrected chi connectivity index (χ4v) is 2.92. The van der Waals surface area contributed by atoms with Gasteiger partial charge in [-0.15, -0.1) is 11.6 Å². The molecule has 1 saturated heterocycles. The first-order valence-electron chi connectivity index (χ1n) is 6.42. The van der Waals surface area contributed by atoms with Crippen molar-refractivity contribution in [2.24, 2.45) is 0 Å². The summed E-state index contributed by atoms with van der Waals surface area (Å²) in [5.74, 6) is 0. The van der Waals surface area contributed by atoms with Gasteiger partial charge in [-0.05, 0) is 33.1 Å². The number of ether oxygens (including phenoxy) is 1. The summed E-state index contributed by atoms with van der Waals surface area (Å²) in [5.41, 5.74) is 3.48. The van der Waals surface area contributed by atoms with Gasteiger partial charge >= 0.3 is 0 Å². The highest BCUT2D eigenvalue weighted by atomic mass is 35.5. The second kappa shape index (κ2) is 5.40. The van der Waals surface area contributed by atoms with Crippen molar-refractivity contribution in [2.75, 3.05) is 13.2 Å². The number of aryl methyl sites for hydroxylation is 1. The van der Waals surface area contributed by atoms with Crippen LogP contribution in [0.1, 0.15) is 54.6 Å². The highest BCUT2D eigenvalue weighted by molar-refractivity contribution is 6.20. The Hall–Kier alpha value is -0.540. The van der Waals surface area contributed by atoms with Crippen LogP contribution in [0.15, 0.2) is 0 Å². The quantitative estimate of drug-likeness (QED) is 0.774. The molecule has 1 aromatic heterocycles.